The number of fused-ring (bicyclic) bond motifs is 5. The van der Waals surface area contributed by atoms with E-state index in [1.807, 2.05) is 7.11 Å². The van der Waals surface area contributed by atoms with E-state index < -0.39 is 0 Å². The number of methoxy groups -OCH3 is 1. The summed E-state index contributed by atoms with van der Waals surface area (Å²) in [5.74, 6) is 2.04. The van der Waals surface area contributed by atoms with E-state index in [1.54, 1.807) is 0 Å². The van der Waals surface area contributed by atoms with Gasteiger partial charge in [0.05, 0.1) is 18.8 Å². The minimum absolute atomic E-state index is 0.0331. The molecule has 0 aromatic heterocycles. The Balaban J connectivity index is 1.68. The summed E-state index contributed by atoms with van der Waals surface area (Å²) in [5.41, 5.74) is 1.66. The Hall–Kier alpha value is -0.380. The molecule has 0 aliphatic heterocycles. The first-order valence-electron chi connectivity index (χ1n) is 9.56. The second-order valence-electron chi connectivity index (χ2n) is 8.90. The molecule has 130 valence electrons. The molecule has 4 aliphatic carbocycles. The van der Waals surface area contributed by atoms with Crippen molar-refractivity contribution in [2.45, 2.75) is 70.5 Å². The van der Waals surface area contributed by atoms with E-state index in [-0.39, 0.29) is 18.1 Å². The average molecular weight is 320 g/mol. The van der Waals surface area contributed by atoms with Crippen LogP contribution in [-0.4, -0.2) is 36.1 Å². The van der Waals surface area contributed by atoms with E-state index in [0.717, 1.165) is 31.6 Å². The molecule has 4 aliphatic rings. The lowest BCUT2D eigenvalue weighted by atomic mass is 9.47. The number of aliphatic hydroxyl groups excluding tert-OH is 2. The van der Waals surface area contributed by atoms with Crippen LogP contribution < -0.4 is 0 Å². The molecule has 23 heavy (non-hydrogen) atoms. The lowest BCUT2D eigenvalue weighted by Crippen LogP contribution is -2.53. The molecular formula is C20H32O3. The Bertz CT molecular complexity index is 501. The van der Waals surface area contributed by atoms with Gasteiger partial charge in [0.2, 0.25) is 0 Å². The van der Waals surface area contributed by atoms with Crippen molar-refractivity contribution < 1.29 is 14.9 Å². The van der Waals surface area contributed by atoms with Crippen molar-refractivity contribution in [1.29, 1.82) is 0 Å². The largest absolute Gasteiger partial charge is 0.395 e. The molecule has 7 atom stereocenters. The maximum atomic E-state index is 10.4. The first-order chi connectivity index (χ1) is 11.0. The molecule has 3 nitrogen and oxygen atoms in total. The van der Waals surface area contributed by atoms with E-state index >= 15 is 0 Å². The fourth-order valence-corrected chi connectivity index (χ4v) is 7.07. The number of ether oxygens (including phenoxy) is 1. The van der Waals surface area contributed by atoms with Gasteiger partial charge >= 0.3 is 0 Å². The highest BCUT2D eigenvalue weighted by Gasteiger charge is 2.59. The van der Waals surface area contributed by atoms with Gasteiger partial charge in [0, 0.05) is 12.5 Å². The van der Waals surface area contributed by atoms with Crippen LogP contribution in [0.25, 0.3) is 0 Å². The van der Waals surface area contributed by atoms with Crippen LogP contribution in [0.15, 0.2) is 11.6 Å². The molecule has 0 aromatic carbocycles. The van der Waals surface area contributed by atoms with E-state index in [9.17, 15) is 10.2 Å². The second-order valence-corrected chi connectivity index (χ2v) is 8.90. The molecular weight excluding hydrogens is 288 g/mol. The SMILES string of the molecule is CO[C@H]1CC[C@H]2[C@@H]3CC=C4C[C@H](O)CC[C@]4(CO)[C@H]3CC[C@]12C. The zero-order valence-corrected chi connectivity index (χ0v) is 14.6. The third-order valence-electron chi connectivity index (χ3n) is 8.28. The lowest BCUT2D eigenvalue weighted by molar-refractivity contribution is -0.0965. The number of allylic oxidation sites excluding steroid dienone is 1. The minimum Gasteiger partial charge on any atom is -0.395 e. The van der Waals surface area contributed by atoms with Crippen molar-refractivity contribution in [3.8, 4) is 0 Å². The summed E-state index contributed by atoms with van der Waals surface area (Å²) in [5, 5.41) is 20.4. The van der Waals surface area contributed by atoms with Gasteiger partial charge in [-0.2, -0.15) is 0 Å². The highest BCUT2D eigenvalue weighted by molar-refractivity contribution is 5.26. The van der Waals surface area contributed by atoms with Crippen molar-refractivity contribution in [2.75, 3.05) is 13.7 Å². The van der Waals surface area contributed by atoms with Crippen molar-refractivity contribution in [1.82, 2.24) is 0 Å². The highest BCUT2D eigenvalue weighted by atomic mass is 16.5. The molecule has 0 bridgehead atoms. The van der Waals surface area contributed by atoms with Crippen molar-refractivity contribution >= 4 is 0 Å². The van der Waals surface area contributed by atoms with Gasteiger partial charge in [-0.05, 0) is 74.5 Å². The molecule has 3 heteroatoms. The highest BCUT2D eigenvalue weighted by Crippen LogP contribution is 2.65. The monoisotopic (exact) mass is 320 g/mol. The molecule has 3 saturated carbocycles. The van der Waals surface area contributed by atoms with E-state index in [0.29, 0.717) is 23.4 Å². The van der Waals surface area contributed by atoms with Gasteiger partial charge in [0.1, 0.15) is 0 Å². The maximum absolute atomic E-state index is 10.4. The van der Waals surface area contributed by atoms with Crippen molar-refractivity contribution in [2.24, 2.45) is 28.6 Å². The van der Waals surface area contributed by atoms with E-state index in [2.05, 4.69) is 13.0 Å². The van der Waals surface area contributed by atoms with Crippen LogP contribution in [0.2, 0.25) is 0 Å². The fourth-order valence-electron chi connectivity index (χ4n) is 7.07. The maximum Gasteiger partial charge on any atom is 0.0627 e. The van der Waals surface area contributed by atoms with Gasteiger partial charge in [0.25, 0.3) is 0 Å². The van der Waals surface area contributed by atoms with Crippen molar-refractivity contribution in [3.63, 3.8) is 0 Å². The molecule has 0 saturated heterocycles. The third kappa shape index (κ3) is 2.12. The zero-order chi connectivity index (χ0) is 16.2. The molecule has 0 spiro atoms. The Morgan fingerprint density at radius 2 is 2.00 bits per heavy atom. The van der Waals surface area contributed by atoms with Crippen LogP contribution in [0.4, 0.5) is 0 Å². The first-order valence-corrected chi connectivity index (χ1v) is 9.56. The van der Waals surface area contributed by atoms with Gasteiger partial charge in [-0.3, -0.25) is 0 Å². The van der Waals surface area contributed by atoms with Crippen LogP contribution in [-0.2, 0) is 4.74 Å². The Morgan fingerprint density at radius 1 is 1.17 bits per heavy atom. The Morgan fingerprint density at radius 3 is 2.74 bits per heavy atom. The molecule has 4 rings (SSSR count). The number of rotatable bonds is 2. The topological polar surface area (TPSA) is 49.7 Å². The van der Waals surface area contributed by atoms with Crippen molar-refractivity contribution in [3.05, 3.63) is 11.6 Å². The number of hydrogen-bond donors (Lipinski definition) is 2. The summed E-state index contributed by atoms with van der Waals surface area (Å²) in [7, 11) is 1.88. The first kappa shape index (κ1) is 16.1. The van der Waals surface area contributed by atoms with Gasteiger partial charge in [0.15, 0.2) is 0 Å². The second kappa shape index (κ2) is 5.57. The Labute approximate surface area is 140 Å². The molecule has 0 heterocycles. The lowest BCUT2D eigenvalue weighted by Gasteiger charge is -2.58. The summed E-state index contributed by atoms with van der Waals surface area (Å²) in [4.78, 5) is 0. The molecule has 0 aromatic rings. The van der Waals surface area contributed by atoms with E-state index in [4.69, 9.17) is 4.74 Å². The fraction of sp³-hybridized carbons (Fsp3) is 0.900. The summed E-state index contributed by atoms with van der Waals surface area (Å²) in [6, 6.07) is 0. The quantitative estimate of drug-likeness (QED) is 0.768. The predicted octanol–water partition coefficient (Wildman–Crippen LogP) is 3.30. The van der Waals surface area contributed by atoms with Crippen LogP contribution in [0.5, 0.6) is 0 Å². The predicted molar refractivity (Wildman–Crippen MR) is 89.9 cm³/mol. The van der Waals surface area contributed by atoms with Crippen LogP contribution >= 0.6 is 0 Å². The summed E-state index contributed by atoms with van der Waals surface area (Å²) >= 11 is 0. The van der Waals surface area contributed by atoms with Gasteiger partial charge < -0.3 is 14.9 Å². The molecule has 0 amide bonds. The summed E-state index contributed by atoms with van der Waals surface area (Å²) < 4.78 is 5.84. The van der Waals surface area contributed by atoms with Crippen LogP contribution in [0.1, 0.15) is 58.3 Å². The molecule has 2 N–H and O–H groups in total. The van der Waals surface area contributed by atoms with E-state index in [1.165, 1.54) is 31.3 Å². The van der Waals surface area contributed by atoms with Gasteiger partial charge in [-0.15, -0.1) is 0 Å². The molecule has 3 fully saturated rings. The normalized spacial score (nSPS) is 52.3. The molecule has 0 unspecified atom stereocenters. The Kier molecular flexibility index (Phi) is 3.90. The minimum atomic E-state index is -0.198. The zero-order valence-electron chi connectivity index (χ0n) is 14.6. The standard InChI is InChI=1S/C20H32O3/c1-19-9-8-17-15(16(19)5-6-18(19)23-2)4-3-13-11-14(22)7-10-20(13,17)12-21/h3,14-18,21-22H,4-12H2,1-2H3/t14-,15+,16+,17+,18+,19+,20-/m1/s1. The summed E-state index contributed by atoms with van der Waals surface area (Å²) in [6.45, 7) is 2.72. The van der Waals surface area contributed by atoms with Crippen LogP contribution in [0, 0.1) is 28.6 Å². The van der Waals surface area contributed by atoms with Crippen LogP contribution in [0.3, 0.4) is 0 Å². The average Bonchev–Trinajstić information content (AvgIpc) is 2.90. The smallest absolute Gasteiger partial charge is 0.0627 e. The molecule has 0 radical (unpaired) electrons. The summed E-state index contributed by atoms with van der Waals surface area (Å²) in [6.07, 6.45) is 11.3. The third-order valence-corrected chi connectivity index (χ3v) is 8.28. The van der Waals surface area contributed by atoms with Gasteiger partial charge in [-0.1, -0.05) is 18.6 Å². The van der Waals surface area contributed by atoms with Gasteiger partial charge in [-0.25, -0.2) is 0 Å². The number of aliphatic hydroxyl groups is 2. The number of hydrogen-bond acceptors (Lipinski definition) is 3.